The van der Waals surface area contributed by atoms with Crippen LogP contribution < -0.4 is 9.64 Å². The van der Waals surface area contributed by atoms with Gasteiger partial charge in [-0.1, -0.05) is 23.7 Å². The van der Waals surface area contributed by atoms with Crippen LogP contribution >= 0.6 is 11.6 Å². The molecular weight excluding hydrogens is 383 g/mol. The topological polar surface area (TPSA) is 59.7 Å². The molecule has 4 rings (SSSR count). The quantitative estimate of drug-likeness (QED) is 0.560. The Balaban J connectivity index is 1.61. The van der Waals surface area contributed by atoms with E-state index in [9.17, 15) is 9.18 Å². The van der Waals surface area contributed by atoms with Crippen molar-refractivity contribution in [1.82, 2.24) is 14.6 Å². The van der Waals surface area contributed by atoms with Gasteiger partial charge in [0.1, 0.15) is 17.6 Å². The van der Waals surface area contributed by atoms with E-state index in [1.807, 2.05) is 36.2 Å². The van der Waals surface area contributed by atoms with E-state index in [0.29, 0.717) is 24.3 Å². The molecule has 0 amide bonds. The number of ether oxygens (including phenoxy) is 1. The van der Waals surface area contributed by atoms with Gasteiger partial charge in [-0.2, -0.15) is 5.10 Å². The zero-order valence-corrected chi connectivity index (χ0v) is 16.4. The Kier molecular flexibility index (Phi) is 4.93. The van der Waals surface area contributed by atoms with Crippen molar-refractivity contribution in [2.24, 2.45) is 5.92 Å². The third kappa shape index (κ3) is 3.67. The third-order valence-corrected chi connectivity index (χ3v) is 5.16. The molecule has 2 aromatic heterocycles. The number of fused-ring (bicyclic) bond motifs is 1. The largest absolute Gasteiger partial charge is 0.497 e. The Hall–Kier alpha value is -2.67. The summed E-state index contributed by atoms with van der Waals surface area (Å²) in [6.45, 7) is 0.613. The number of benzene rings is 1. The van der Waals surface area contributed by atoms with Crippen LogP contribution in [0.1, 0.15) is 28.9 Å². The molecule has 0 radical (unpaired) electrons. The van der Waals surface area contributed by atoms with Gasteiger partial charge in [0.2, 0.25) is 0 Å². The minimum Gasteiger partial charge on any atom is -0.497 e. The van der Waals surface area contributed by atoms with E-state index in [4.69, 9.17) is 16.3 Å². The minimum atomic E-state index is -0.870. The molecule has 3 aromatic rings. The van der Waals surface area contributed by atoms with Crippen molar-refractivity contribution in [3.05, 3.63) is 52.9 Å². The van der Waals surface area contributed by atoms with Crippen LogP contribution in [-0.4, -0.2) is 40.7 Å². The minimum absolute atomic E-state index is 0.167. The van der Waals surface area contributed by atoms with Crippen molar-refractivity contribution in [3.8, 4) is 5.75 Å². The molecule has 0 saturated heterocycles. The molecule has 0 unspecified atom stereocenters. The highest BCUT2D eigenvalue weighted by atomic mass is 35.5. The second kappa shape index (κ2) is 7.39. The van der Waals surface area contributed by atoms with Gasteiger partial charge in [0, 0.05) is 32.0 Å². The number of rotatable bonds is 7. The van der Waals surface area contributed by atoms with E-state index in [1.54, 1.807) is 13.2 Å². The standard InChI is InChI=1S/C20H20ClFN4O2/c1-25(11-12-3-5-14(28-2)6-4-12)16-9-19(21)24-26-17(10-23-20(16)26)18(27)8-13-7-15(13)22/h3-6,9-10,13,15H,7-8,11H2,1-2H3/t13-,15-/m0/s1. The van der Waals surface area contributed by atoms with Gasteiger partial charge < -0.3 is 9.64 Å². The van der Waals surface area contributed by atoms with E-state index in [-0.39, 0.29) is 23.3 Å². The lowest BCUT2D eigenvalue weighted by Crippen LogP contribution is -2.18. The van der Waals surface area contributed by atoms with Gasteiger partial charge in [-0.15, -0.1) is 0 Å². The summed E-state index contributed by atoms with van der Waals surface area (Å²) in [5.41, 5.74) is 2.71. The van der Waals surface area contributed by atoms with Crippen LogP contribution in [0.15, 0.2) is 36.5 Å². The molecule has 0 spiro atoms. The van der Waals surface area contributed by atoms with Gasteiger partial charge in [-0.05, 0) is 24.1 Å². The number of aromatic nitrogens is 3. The van der Waals surface area contributed by atoms with Crippen LogP contribution in [0, 0.1) is 5.92 Å². The summed E-state index contributed by atoms with van der Waals surface area (Å²) in [6, 6.07) is 9.50. The average Bonchev–Trinajstić information content (AvgIpc) is 3.20. The summed E-state index contributed by atoms with van der Waals surface area (Å²) in [6.07, 6.45) is 1.24. The molecule has 0 N–H and O–H groups in total. The first-order valence-electron chi connectivity index (χ1n) is 9.02. The molecule has 1 fully saturated rings. The van der Waals surface area contributed by atoms with Crippen LogP contribution in [0.25, 0.3) is 5.65 Å². The maximum atomic E-state index is 13.2. The maximum Gasteiger partial charge on any atom is 0.183 e. The van der Waals surface area contributed by atoms with Gasteiger partial charge >= 0.3 is 0 Å². The van der Waals surface area contributed by atoms with E-state index in [2.05, 4.69) is 10.1 Å². The van der Waals surface area contributed by atoms with Crippen molar-refractivity contribution < 1.29 is 13.9 Å². The maximum absolute atomic E-state index is 13.2. The Morgan fingerprint density at radius 1 is 1.39 bits per heavy atom. The van der Waals surface area contributed by atoms with Crippen LogP contribution in [0.2, 0.25) is 5.15 Å². The Morgan fingerprint density at radius 3 is 2.75 bits per heavy atom. The molecule has 1 saturated carbocycles. The SMILES string of the molecule is COc1ccc(CN(C)c2cc(Cl)nn3c(C(=O)C[C@@H]4C[C@@H]4F)cnc23)cc1. The number of anilines is 1. The fourth-order valence-electron chi connectivity index (χ4n) is 3.25. The van der Waals surface area contributed by atoms with Crippen molar-refractivity contribution in [3.63, 3.8) is 0 Å². The number of methoxy groups -OCH3 is 1. The molecule has 28 heavy (non-hydrogen) atoms. The highest BCUT2D eigenvalue weighted by Gasteiger charge is 2.39. The van der Waals surface area contributed by atoms with Gasteiger partial charge in [0.15, 0.2) is 16.6 Å². The Morgan fingerprint density at radius 2 is 2.11 bits per heavy atom. The first-order valence-corrected chi connectivity index (χ1v) is 9.39. The number of Topliss-reactive ketones (excluding diaryl/α,β-unsaturated/α-hetero) is 1. The summed E-state index contributed by atoms with van der Waals surface area (Å²) < 4.78 is 19.8. The molecule has 1 aromatic carbocycles. The van der Waals surface area contributed by atoms with Gasteiger partial charge in [-0.25, -0.2) is 13.9 Å². The molecule has 8 heteroatoms. The first-order chi connectivity index (χ1) is 13.5. The molecule has 6 nitrogen and oxygen atoms in total. The first kappa shape index (κ1) is 18.7. The van der Waals surface area contributed by atoms with Crippen molar-refractivity contribution in [2.45, 2.75) is 25.6 Å². The van der Waals surface area contributed by atoms with Crippen LogP contribution in [0.3, 0.4) is 0 Å². The number of hydrogen-bond acceptors (Lipinski definition) is 5. The summed E-state index contributed by atoms with van der Waals surface area (Å²) in [4.78, 5) is 18.9. The Labute approximate surface area is 166 Å². The van der Waals surface area contributed by atoms with Crippen molar-refractivity contribution in [1.29, 1.82) is 0 Å². The predicted octanol–water partition coefficient (Wildman–Crippen LogP) is 3.96. The van der Waals surface area contributed by atoms with E-state index in [1.165, 1.54) is 10.7 Å². The number of alkyl halides is 1. The number of carbonyl (C=O) groups is 1. The number of nitrogens with zero attached hydrogens (tertiary/aromatic N) is 4. The van der Waals surface area contributed by atoms with Crippen LogP contribution in [0.4, 0.5) is 10.1 Å². The monoisotopic (exact) mass is 402 g/mol. The number of ketones is 1. The summed E-state index contributed by atoms with van der Waals surface area (Å²) in [5.74, 6) is 0.439. The second-order valence-electron chi connectivity index (χ2n) is 7.07. The van der Waals surface area contributed by atoms with Gasteiger partial charge in [-0.3, -0.25) is 4.79 Å². The molecule has 0 aliphatic heterocycles. The fraction of sp³-hybridized carbons (Fsp3) is 0.350. The van der Waals surface area contributed by atoms with E-state index >= 15 is 0 Å². The zero-order chi connectivity index (χ0) is 19.8. The fourth-order valence-corrected chi connectivity index (χ4v) is 3.43. The highest BCUT2D eigenvalue weighted by molar-refractivity contribution is 6.29. The molecule has 146 valence electrons. The van der Waals surface area contributed by atoms with Crippen LogP contribution in [0.5, 0.6) is 5.75 Å². The lowest BCUT2D eigenvalue weighted by atomic mass is 10.1. The molecule has 0 bridgehead atoms. The van der Waals surface area contributed by atoms with Gasteiger partial charge in [0.25, 0.3) is 0 Å². The normalized spacial score (nSPS) is 18.3. The molecular formula is C20H20ClFN4O2. The van der Waals surface area contributed by atoms with E-state index in [0.717, 1.165) is 17.0 Å². The van der Waals surface area contributed by atoms with Crippen LogP contribution in [-0.2, 0) is 6.54 Å². The molecule has 2 atom stereocenters. The van der Waals surface area contributed by atoms with E-state index < -0.39 is 6.17 Å². The summed E-state index contributed by atoms with van der Waals surface area (Å²) >= 11 is 6.21. The molecule has 1 aliphatic rings. The molecule has 1 aliphatic carbocycles. The zero-order valence-electron chi connectivity index (χ0n) is 15.6. The van der Waals surface area contributed by atoms with Crippen molar-refractivity contribution in [2.75, 3.05) is 19.1 Å². The summed E-state index contributed by atoms with van der Waals surface area (Å²) in [7, 11) is 3.55. The number of halogens is 2. The molecule has 2 heterocycles. The smallest absolute Gasteiger partial charge is 0.183 e. The third-order valence-electron chi connectivity index (χ3n) is 4.98. The number of imidazole rings is 1. The highest BCUT2D eigenvalue weighted by Crippen LogP contribution is 2.37. The van der Waals surface area contributed by atoms with Gasteiger partial charge in [0.05, 0.1) is 19.0 Å². The number of hydrogen-bond donors (Lipinski definition) is 0. The Bertz CT molecular complexity index is 1020. The van der Waals surface area contributed by atoms with Crippen molar-refractivity contribution >= 4 is 28.7 Å². The lowest BCUT2D eigenvalue weighted by Gasteiger charge is -2.20. The lowest BCUT2D eigenvalue weighted by molar-refractivity contribution is 0.0965. The number of carbonyl (C=O) groups excluding carboxylic acids is 1. The average molecular weight is 403 g/mol. The summed E-state index contributed by atoms with van der Waals surface area (Å²) in [5, 5.41) is 4.49. The predicted molar refractivity (Wildman–Crippen MR) is 105 cm³/mol. The second-order valence-corrected chi connectivity index (χ2v) is 7.46.